The zero-order valence-electron chi connectivity index (χ0n) is 11.1. The van der Waals surface area contributed by atoms with E-state index in [2.05, 4.69) is 31.2 Å². The Labute approximate surface area is 124 Å². The van der Waals surface area contributed by atoms with Gasteiger partial charge in [-0.25, -0.2) is 9.97 Å². The van der Waals surface area contributed by atoms with Crippen LogP contribution in [0.25, 0.3) is 11.4 Å². The average molecular weight is 337 g/mol. The van der Waals surface area contributed by atoms with Crippen LogP contribution < -0.4 is 5.32 Å². The molecule has 0 radical (unpaired) electrons. The molecule has 0 saturated carbocycles. The second kappa shape index (κ2) is 5.96. The van der Waals surface area contributed by atoms with Crippen LogP contribution in [-0.4, -0.2) is 21.9 Å². The van der Waals surface area contributed by atoms with Gasteiger partial charge in [0.15, 0.2) is 5.82 Å². The fourth-order valence-corrected chi connectivity index (χ4v) is 2.44. The molecule has 0 aliphatic heterocycles. The maximum absolute atomic E-state index is 10.8. The summed E-state index contributed by atoms with van der Waals surface area (Å²) >= 11 is 3.45. The minimum Gasteiger partial charge on any atom is -0.372 e. The molecule has 1 aromatic carbocycles. The molecule has 104 valence electrons. The van der Waals surface area contributed by atoms with Gasteiger partial charge in [0.1, 0.15) is 5.82 Å². The number of hydrogen-bond donors (Lipinski definition) is 1. The molecule has 0 aliphatic rings. The van der Waals surface area contributed by atoms with E-state index in [0.29, 0.717) is 17.2 Å². The topological polar surface area (TPSA) is 81.0 Å². The van der Waals surface area contributed by atoms with E-state index in [1.54, 1.807) is 19.2 Å². The molecule has 2 rings (SSSR count). The number of benzene rings is 1. The van der Waals surface area contributed by atoms with Crippen LogP contribution in [0.3, 0.4) is 0 Å². The molecule has 0 atom stereocenters. The molecule has 20 heavy (non-hydrogen) atoms. The number of hydrogen-bond acceptors (Lipinski definition) is 5. The predicted octanol–water partition coefficient (Wildman–Crippen LogP) is 3.42. The summed E-state index contributed by atoms with van der Waals surface area (Å²) in [6, 6.07) is 6.31. The minimum absolute atomic E-state index is 0.0260. The van der Waals surface area contributed by atoms with Gasteiger partial charge in [-0.2, -0.15) is 0 Å². The molecule has 2 aromatic rings. The van der Waals surface area contributed by atoms with Gasteiger partial charge < -0.3 is 5.32 Å². The highest BCUT2D eigenvalue weighted by Crippen LogP contribution is 2.28. The molecule has 0 unspecified atom stereocenters. The third-order valence-corrected chi connectivity index (χ3v) is 3.64. The lowest BCUT2D eigenvalue weighted by atomic mass is 10.2. The number of anilines is 1. The first-order valence-electron chi connectivity index (χ1n) is 6.05. The van der Waals surface area contributed by atoms with Crippen LogP contribution in [0, 0.1) is 10.1 Å². The number of nitrogens with zero attached hydrogens (tertiary/aromatic N) is 3. The first kappa shape index (κ1) is 14.4. The number of aryl methyl sites for hydroxylation is 1. The van der Waals surface area contributed by atoms with Crippen molar-refractivity contribution in [3.05, 3.63) is 44.5 Å². The Balaban J connectivity index is 2.57. The summed E-state index contributed by atoms with van der Waals surface area (Å²) in [5.74, 6) is 1.14. The van der Waals surface area contributed by atoms with Crippen LogP contribution in [0.5, 0.6) is 0 Å². The number of halogens is 1. The fourth-order valence-electron chi connectivity index (χ4n) is 1.78. The van der Waals surface area contributed by atoms with E-state index >= 15 is 0 Å². The lowest BCUT2D eigenvalue weighted by Crippen LogP contribution is -2.02. The Kier molecular flexibility index (Phi) is 4.29. The van der Waals surface area contributed by atoms with Gasteiger partial charge in [-0.3, -0.25) is 10.1 Å². The van der Waals surface area contributed by atoms with E-state index in [9.17, 15) is 10.1 Å². The second-order valence-electron chi connectivity index (χ2n) is 4.07. The van der Waals surface area contributed by atoms with Gasteiger partial charge in [-0.15, -0.1) is 0 Å². The van der Waals surface area contributed by atoms with Gasteiger partial charge in [0.25, 0.3) is 5.69 Å². The van der Waals surface area contributed by atoms with E-state index < -0.39 is 4.92 Å². The van der Waals surface area contributed by atoms with Crippen LogP contribution in [0.15, 0.2) is 28.7 Å². The molecule has 1 aromatic heterocycles. The van der Waals surface area contributed by atoms with E-state index in [0.717, 1.165) is 16.6 Å². The Hall–Kier alpha value is -2.02. The van der Waals surface area contributed by atoms with Crippen molar-refractivity contribution in [3.63, 3.8) is 0 Å². The molecule has 0 saturated heterocycles. The lowest BCUT2D eigenvalue weighted by molar-refractivity contribution is -0.384. The van der Waals surface area contributed by atoms with Crippen LogP contribution in [-0.2, 0) is 6.42 Å². The summed E-state index contributed by atoms with van der Waals surface area (Å²) in [5.41, 5.74) is 1.50. The smallest absolute Gasteiger partial charge is 0.270 e. The Morgan fingerprint density at radius 3 is 2.75 bits per heavy atom. The third kappa shape index (κ3) is 2.77. The summed E-state index contributed by atoms with van der Waals surface area (Å²) in [6.07, 6.45) is 0.736. The number of rotatable bonds is 4. The van der Waals surface area contributed by atoms with Gasteiger partial charge in [-0.05, 0) is 22.4 Å². The van der Waals surface area contributed by atoms with Crippen molar-refractivity contribution in [2.24, 2.45) is 0 Å². The summed E-state index contributed by atoms with van der Waals surface area (Å²) < 4.78 is 0.816. The largest absolute Gasteiger partial charge is 0.372 e. The zero-order chi connectivity index (χ0) is 14.7. The number of nitrogens with one attached hydrogen (secondary N) is 1. The molecule has 0 aliphatic carbocycles. The van der Waals surface area contributed by atoms with Crippen molar-refractivity contribution in [2.45, 2.75) is 13.3 Å². The Bertz CT molecular complexity index is 636. The second-order valence-corrected chi connectivity index (χ2v) is 4.86. The van der Waals surface area contributed by atoms with Crippen molar-refractivity contribution in [1.29, 1.82) is 0 Å². The first-order valence-corrected chi connectivity index (χ1v) is 6.85. The third-order valence-electron chi connectivity index (χ3n) is 2.81. The molecule has 0 bridgehead atoms. The lowest BCUT2D eigenvalue weighted by Gasteiger charge is -2.10. The maximum atomic E-state index is 10.8. The van der Waals surface area contributed by atoms with Gasteiger partial charge in [0.2, 0.25) is 0 Å². The maximum Gasteiger partial charge on any atom is 0.270 e. The molecular formula is C13H13BrN4O2. The van der Waals surface area contributed by atoms with Gasteiger partial charge in [-0.1, -0.05) is 19.1 Å². The van der Waals surface area contributed by atoms with Crippen molar-refractivity contribution < 1.29 is 4.92 Å². The summed E-state index contributed by atoms with van der Waals surface area (Å²) in [7, 11) is 1.77. The number of nitro groups is 1. The highest BCUT2D eigenvalue weighted by Gasteiger charge is 2.13. The molecular weight excluding hydrogens is 324 g/mol. The summed E-state index contributed by atoms with van der Waals surface area (Å²) in [5, 5.41) is 13.8. The van der Waals surface area contributed by atoms with Gasteiger partial charge in [0.05, 0.1) is 15.1 Å². The highest BCUT2D eigenvalue weighted by atomic mass is 79.9. The summed E-state index contributed by atoms with van der Waals surface area (Å²) in [4.78, 5) is 19.2. The van der Waals surface area contributed by atoms with Gasteiger partial charge in [0, 0.05) is 24.7 Å². The first-order chi connectivity index (χ1) is 9.56. The van der Waals surface area contributed by atoms with E-state index in [-0.39, 0.29) is 5.69 Å². The molecule has 1 N–H and O–H groups in total. The van der Waals surface area contributed by atoms with Crippen molar-refractivity contribution >= 4 is 27.4 Å². The van der Waals surface area contributed by atoms with E-state index in [1.807, 2.05) is 6.92 Å². The molecule has 1 heterocycles. The fraction of sp³-hybridized carbons (Fsp3) is 0.231. The number of aromatic nitrogens is 2. The van der Waals surface area contributed by atoms with Crippen LogP contribution >= 0.6 is 15.9 Å². The summed E-state index contributed by atoms with van der Waals surface area (Å²) in [6.45, 7) is 1.99. The zero-order valence-corrected chi connectivity index (χ0v) is 12.6. The molecule has 6 nitrogen and oxygen atoms in total. The number of non-ortho nitro benzene ring substituents is 1. The standard InChI is InChI=1S/C13H13BrN4O2/c1-3-10-11(14)13(15-2)17-12(16-10)8-5-4-6-9(7-8)18(19)20/h4-7H,3H2,1-2H3,(H,15,16,17). The molecule has 0 amide bonds. The quantitative estimate of drug-likeness (QED) is 0.683. The van der Waals surface area contributed by atoms with Crippen molar-refractivity contribution in [1.82, 2.24) is 9.97 Å². The number of nitro benzene ring substituents is 1. The van der Waals surface area contributed by atoms with Crippen LogP contribution in [0.1, 0.15) is 12.6 Å². The van der Waals surface area contributed by atoms with E-state index in [1.165, 1.54) is 12.1 Å². The highest BCUT2D eigenvalue weighted by molar-refractivity contribution is 9.10. The van der Waals surface area contributed by atoms with Crippen molar-refractivity contribution in [3.8, 4) is 11.4 Å². The van der Waals surface area contributed by atoms with Crippen molar-refractivity contribution in [2.75, 3.05) is 12.4 Å². The Morgan fingerprint density at radius 2 is 2.15 bits per heavy atom. The molecule has 0 fully saturated rings. The van der Waals surface area contributed by atoms with Crippen LogP contribution in [0.4, 0.5) is 11.5 Å². The molecule has 0 spiro atoms. The SMILES string of the molecule is CCc1nc(-c2cccc([N+](=O)[O-])c2)nc(NC)c1Br. The minimum atomic E-state index is -0.429. The monoisotopic (exact) mass is 336 g/mol. The average Bonchev–Trinajstić information content (AvgIpc) is 2.47. The normalized spacial score (nSPS) is 10.3. The molecule has 7 heteroatoms. The van der Waals surface area contributed by atoms with Gasteiger partial charge >= 0.3 is 0 Å². The Morgan fingerprint density at radius 1 is 1.40 bits per heavy atom. The predicted molar refractivity (Wildman–Crippen MR) is 80.7 cm³/mol. The van der Waals surface area contributed by atoms with E-state index in [4.69, 9.17) is 0 Å². The van der Waals surface area contributed by atoms with Crippen LogP contribution in [0.2, 0.25) is 0 Å².